The number of amides is 1. The van der Waals surface area contributed by atoms with Crippen molar-refractivity contribution in [2.75, 3.05) is 0 Å². The lowest BCUT2D eigenvalue weighted by Gasteiger charge is -2.25. The molecule has 1 unspecified atom stereocenters. The molecule has 0 saturated carbocycles. The number of fused-ring (bicyclic) bond motifs is 2. The summed E-state index contributed by atoms with van der Waals surface area (Å²) in [6.45, 7) is 2.30. The zero-order valence-electron chi connectivity index (χ0n) is 16.3. The lowest BCUT2D eigenvalue weighted by molar-refractivity contribution is 0.0714. The fourth-order valence-electron chi connectivity index (χ4n) is 4.01. The minimum atomic E-state index is -0.643. The summed E-state index contributed by atoms with van der Waals surface area (Å²) >= 11 is 0. The molecule has 30 heavy (non-hydrogen) atoms. The molecule has 0 aliphatic carbocycles. The van der Waals surface area contributed by atoms with Crippen LogP contribution in [0.1, 0.15) is 38.9 Å². The molecule has 0 bridgehead atoms. The third-order valence-corrected chi connectivity index (χ3v) is 5.53. The van der Waals surface area contributed by atoms with Crippen molar-refractivity contribution in [3.05, 3.63) is 117 Å². The van der Waals surface area contributed by atoms with E-state index in [0.717, 1.165) is 11.1 Å². The number of hydrogen-bond acceptors (Lipinski definition) is 3. The Kier molecular flexibility index (Phi) is 4.24. The summed E-state index contributed by atoms with van der Waals surface area (Å²) < 4.78 is 19.4. The second kappa shape index (κ2) is 6.95. The Morgan fingerprint density at radius 2 is 1.63 bits per heavy atom. The molecule has 1 atom stereocenters. The fraction of sp³-hybridized carbons (Fsp3) is 0.120. The second-order valence-electron chi connectivity index (χ2n) is 7.54. The first-order chi connectivity index (χ1) is 14.5. The lowest BCUT2D eigenvalue weighted by atomic mass is 9.98. The number of carbonyl (C=O) groups excluding carboxylic acids is 1. The second-order valence-corrected chi connectivity index (χ2v) is 7.54. The average Bonchev–Trinajstić information content (AvgIpc) is 3.03. The summed E-state index contributed by atoms with van der Waals surface area (Å²) in [6.07, 6.45) is 0. The number of aryl methyl sites for hydroxylation is 1. The molecule has 5 rings (SSSR count). The summed E-state index contributed by atoms with van der Waals surface area (Å²) in [5.74, 6) is -0.665. The SMILES string of the molecule is Cc1ccc(CN2C(=O)c3oc4ccccc4c(=O)c3C2c2ccc(F)cc2)cc1. The van der Waals surface area contributed by atoms with Gasteiger partial charge in [-0.15, -0.1) is 0 Å². The van der Waals surface area contributed by atoms with E-state index in [2.05, 4.69) is 0 Å². The Hall–Kier alpha value is -3.73. The molecule has 1 amide bonds. The lowest BCUT2D eigenvalue weighted by Crippen LogP contribution is -2.29. The quantitative estimate of drug-likeness (QED) is 0.488. The molecule has 0 spiro atoms. The van der Waals surface area contributed by atoms with Gasteiger partial charge in [0.15, 0.2) is 5.43 Å². The largest absolute Gasteiger partial charge is 0.450 e. The highest BCUT2D eigenvalue weighted by Crippen LogP contribution is 2.39. The predicted molar refractivity (Wildman–Crippen MR) is 112 cm³/mol. The molecule has 0 saturated heterocycles. The highest BCUT2D eigenvalue weighted by atomic mass is 19.1. The standard InChI is InChI=1S/C25H18FNO3/c1-15-6-8-16(9-7-15)14-27-22(17-10-12-18(26)13-11-17)21-23(28)19-4-2-3-5-20(19)30-24(21)25(27)29/h2-13,22H,14H2,1H3. The van der Waals surface area contributed by atoms with Gasteiger partial charge in [-0.1, -0.05) is 54.1 Å². The number of carbonyl (C=O) groups is 1. The van der Waals surface area contributed by atoms with Crippen molar-refractivity contribution in [3.63, 3.8) is 0 Å². The first kappa shape index (κ1) is 18.3. The minimum absolute atomic E-state index is 0.0557. The molecule has 1 aromatic heterocycles. The molecule has 0 radical (unpaired) electrons. The molecular weight excluding hydrogens is 381 g/mol. The van der Waals surface area contributed by atoms with E-state index in [4.69, 9.17) is 4.42 Å². The Morgan fingerprint density at radius 1 is 0.933 bits per heavy atom. The summed E-state index contributed by atoms with van der Waals surface area (Å²) in [4.78, 5) is 28.3. The maximum atomic E-state index is 13.6. The maximum absolute atomic E-state index is 13.6. The van der Waals surface area contributed by atoms with Crippen molar-refractivity contribution in [2.45, 2.75) is 19.5 Å². The Bertz CT molecular complexity index is 1320. The van der Waals surface area contributed by atoms with Crippen molar-refractivity contribution >= 4 is 16.9 Å². The highest BCUT2D eigenvalue weighted by Gasteiger charge is 2.42. The van der Waals surface area contributed by atoms with Crippen molar-refractivity contribution < 1.29 is 13.6 Å². The van der Waals surface area contributed by atoms with Crippen LogP contribution in [0.15, 0.2) is 82.0 Å². The van der Waals surface area contributed by atoms with E-state index in [1.165, 1.54) is 12.1 Å². The van der Waals surface area contributed by atoms with Gasteiger partial charge in [0.2, 0.25) is 5.76 Å². The molecule has 4 aromatic rings. The third-order valence-electron chi connectivity index (χ3n) is 5.53. The van der Waals surface area contributed by atoms with E-state index in [9.17, 15) is 14.0 Å². The summed E-state index contributed by atoms with van der Waals surface area (Å²) in [6, 6.07) is 20.0. The number of rotatable bonds is 3. The Morgan fingerprint density at radius 3 is 2.37 bits per heavy atom. The number of benzene rings is 3. The van der Waals surface area contributed by atoms with Crippen LogP contribution in [0, 0.1) is 12.7 Å². The monoisotopic (exact) mass is 399 g/mol. The van der Waals surface area contributed by atoms with E-state index in [1.54, 1.807) is 41.3 Å². The first-order valence-corrected chi connectivity index (χ1v) is 9.70. The molecule has 2 heterocycles. The van der Waals surface area contributed by atoms with Gasteiger partial charge >= 0.3 is 0 Å². The molecule has 1 aliphatic heterocycles. The molecule has 3 aromatic carbocycles. The summed E-state index contributed by atoms with van der Waals surface area (Å²) in [5, 5.41) is 0.424. The van der Waals surface area contributed by atoms with Crippen molar-refractivity contribution in [3.8, 4) is 0 Å². The molecule has 148 valence electrons. The molecule has 0 N–H and O–H groups in total. The molecule has 1 aliphatic rings. The molecule has 0 fully saturated rings. The van der Waals surface area contributed by atoms with Crippen LogP contribution in [0.4, 0.5) is 4.39 Å². The van der Waals surface area contributed by atoms with Crippen LogP contribution >= 0.6 is 0 Å². The number of hydrogen-bond donors (Lipinski definition) is 0. The van der Waals surface area contributed by atoms with Gasteiger partial charge in [-0.25, -0.2) is 4.39 Å². The van der Waals surface area contributed by atoms with E-state index < -0.39 is 6.04 Å². The molecule has 4 nitrogen and oxygen atoms in total. The van der Waals surface area contributed by atoms with Gasteiger partial charge in [-0.05, 0) is 42.3 Å². The van der Waals surface area contributed by atoms with Crippen LogP contribution in [0.25, 0.3) is 11.0 Å². The topological polar surface area (TPSA) is 50.5 Å². The first-order valence-electron chi connectivity index (χ1n) is 9.70. The molecule has 5 heteroatoms. The van der Waals surface area contributed by atoms with Crippen LogP contribution < -0.4 is 5.43 Å². The zero-order valence-corrected chi connectivity index (χ0v) is 16.3. The van der Waals surface area contributed by atoms with Crippen LogP contribution in [-0.4, -0.2) is 10.8 Å². The highest BCUT2D eigenvalue weighted by molar-refractivity contribution is 5.99. The minimum Gasteiger partial charge on any atom is -0.450 e. The number of para-hydroxylation sites is 1. The van der Waals surface area contributed by atoms with Crippen molar-refractivity contribution in [2.24, 2.45) is 0 Å². The fourth-order valence-corrected chi connectivity index (χ4v) is 4.01. The summed E-state index contributed by atoms with van der Waals surface area (Å²) in [5.41, 5.74) is 3.17. The third kappa shape index (κ3) is 2.90. The zero-order chi connectivity index (χ0) is 20.8. The Balaban J connectivity index is 1.71. The normalized spacial score (nSPS) is 15.6. The summed E-state index contributed by atoms with van der Waals surface area (Å²) in [7, 11) is 0. The molecular formula is C25H18FNO3. The van der Waals surface area contributed by atoms with Crippen molar-refractivity contribution in [1.82, 2.24) is 4.90 Å². The van der Waals surface area contributed by atoms with Gasteiger partial charge < -0.3 is 9.32 Å². The smallest absolute Gasteiger partial charge is 0.291 e. The van der Waals surface area contributed by atoms with Crippen LogP contribution in [0.3, 0.4) is 0 Å². The van der Waals surface area contributed by atoms with Gasteiger partial charge in [0.05, 0.1) is 17.0 Å². The van der Waals surface area contributed by atoms with E-state index in [1.807, 2.05) is 31.2 Å². The average molecular weight is 399 g/mol. The van der Waals surface area contributed by atoms with Crippen molar-refractivity contribution in [1.29, 1.82) is 0 Å². The van der Waals surface area contributed by atoms with Gasteiger partial charge in [-0.2, -0.15) is 0 Å². The van der Waals surface area contributed by atoms with E-state index in [0.29, 0.717) is 28.6 Å². The van der Waals surface area contributed by atoms with Crippen LogP contribution in [-0.2, 0) is 6.54 Å². The Labute approximate surface area is 172 Å². The number of nitrogens with zero attached hydrogens (tertiary/aromatic N) is 1. The maximum Gasteiger partial charge on any atom is 0.291 e. The number of halogens is 1. The van der Waals surface area contributed by atoms with Crippen LogP contribution in [0.5, 0.6) is 0 Å². The predicted octanol–water partition coefficient (Wildman–Crippen LogP) is 4.99. The van der Waals surface area contributed by atoms with Gasteiger partial charge in [0.25, 0.3) is 5.91 Å². The van der Waals surface area contributed by atoms with E-state index in [-0.39, 0.29) is 22.9 Å². The van der Waals surface area contributed by atoms with E-state index >= 15 is 0 Å². The van der Waals surface area contributed by atoms with Gasteiger partial charge in [0.1, 0.15) is 11.4 Å². The van der Waals surface area contributed by atoms with Crippen LogP contribution in [0.2, 0.25) is 0 Å². The van der Waals surface area contributed by atoms with Gasteiger partial charge in [-0.3, -0.25) is 9.59 Å². The van der Waals surface area contributed by atoms with Gasteiger partial charge in [0, 0.05) is 6.54 Å².